The fourth-order valence-corrected chi connectivity index (χ4v) is 4.15. The summed E-state index contributed by atoms with van der Waals surface area (Å²) in [5.41, 5.74) is 3.12. The standard InChI is InChI=1S/C14H23N3O2S/c1-13(2)12(14(13,3)4)9-16-20(18,19)11-8-6-5-7-10(11)17-15/h5-8,12,16-17H,9,15H2,1-4H3. The Balaban J connectivity index is 2.14. The van der Waals surface area contributed by atoms with Gasteiger partial charge in [-0.05, 0) is 28.9 Å². The third-order valence-corrected chi connectivity index (χ3v) is 6.61. The third-order valence-electron chi connectivity index (χ3n) is 5.13. The van der Waals surface area contributed by atoms with Crippen molar-refractivity contribution in [3.63, 3.8) is 0 Å². The summed E-state index contributed by atoms with van der Waals surface area (Å²) in [6.45, 7) is 9.12. The Morgan fingerprint density at radius 1 is 1.15 bits per heavy atom. The van der Waals surface area contributed by atoms with E-state index in [1.54, 1.807) is 24.3 Å². The van der Waals surface area contributed by atoms with Crippen molar-refractivity contribution < 1.29 is 8.42 Å². The molecule has 1 fully saturated rings. The SMILES string of the molecule is CC1(C)C(CNS(=O)(=O)c2ccccc2NN)C1(C)C. The summed E-state index contributed by atoms with van der Waals surface area (Å²) in [5, 5.41) is 0. The van der Waals surface area contributed by atoms with E-state index in [0.717, 1.165) is 0 Å². The van der Waals surface area contributed by atoms with Crippen LogP contribution in [0.2, 0.25) is 0 Å². The third kappa shape index (κ3) is 2.32. The summed E-state index contributed by atoms with van der Waals surface area (Å²) in [6.07, 6.45) is 0. The van der Waals surface area contributed by atoms with Crippen molar-refractivity contribution in [3.8, 4) is 0 Å². The van der Waals surface area contributed by atoms with Crippen LogP contribution in [0.4, 0.5) is 5.69 Å². The van der Waals surface area contributed by atoms with Crippen molar-refractivity contribution in [1.82, 2.24) is 4.72 Å². The van der Waals surface area contributed by atoms with Crippen LogP contribution < -0.4 is 16.0 Å². The predicted octanol–water partition coefficient (Wildman–Crippen LogP) is 1.93. The zero-order valence-electron chi connectivity index (χ0n) is 12.4. The van der Waals surface area contributed by atoms with Crippen LogP contribution in [0.25, 0.3) is 0 Å². The van der Waals surface area contributed by atoms with Crippen molar-refractivity contribution in [2.24, 2.45) is 22.6 Å². The maximum absolute atomic E-state index is 12.4. The molecule has 0 heterocycles. The Kier molecular flexibility index (Phi) is 3.60. The Bertz CT molecular complexity index is 595. The second kappa shape index (κ2) is 4.72. The molecule has 1 aliphatic rings. The number of anilines is 1. The van der Waals surface area contributed by atoms with E-state index in [2.05, 4.69) is 37.8 Å². The van der Waals surface area contributed by atoms with Gasteiger partial charge in [0.25, 0.3) is 0 Å². The van der Waals surface area contributed by atoms with E-state index in [-0.39, 0.29) is 15.7 Å². The van der Waals surface area contributed by atoms with Crippen LogP contribution in [0.1, 0.15) is 27.7 Å². The van der Waals surface area contributed by atoms with Gasteiger partial charge in [-0.3, -0.25) is 5.84 Å². The molecular weight excluding hydrogens is 274 g/mol. The highest BCUT2D eigenvalue weighted by molar-refractivity contribution is 7.89. The molecule has 112 valence electrons. The van der Waals surface area contributed by atoms with Gasteiger partial charge in [-0.25, -0.2) is 13.1 Å². The zero-order valence-corrected chi connectivity index (χ0v) is 13.2. The number of rotatable bonds is 5. The summed E-state index contributed by atoms with van der Waals surface area (Å²) in [6, 6.07) is 6.60. The summed E-state index contributed by atoms with van der Waals surface area (Å²) < 4.78 is 27.4. The smallest absolute Gasteiger partial charge is 0.242 e. The van der Waals surface area contributed by atoms with Crippen LogP contribution in [0.5, 0.6) is 0 Å². The van der Waals surface area contributed by atoms with Crippen molar-refractivity contribution in [3.05, 3.63) is 24.3 Å². The summed E-state index contributed by atoms with van der Waals surface area (Å²) in [5.74, 6) is 5.70. The predicted molar refractivity (Wildman–Crippen MR) is 80.5 cm³/mol. The number of hydrazine groups is 1. The largest absolute Gasteiger partial charge is 0.323 e. The van der Waals surface area contributed by atoms with Gasteiger partial charge in [0.1, 0.15) is 4.90 Å². The molecule has 0 unspecified atom stereocenters. The number of benzene rings is 1. The number of sulfonamides is 1. The van der Waals surface area contributed by atoms with E-state index >= 15 is 0 Å². The van der Waals surface area contributed by atoms with Gasteiger partial charge in [0.05, 0.1) is 5.69 Å². The molecule has 1 aliphatic carbocycles. The van der Waals surface area contributed by atoms with Crippen LogP contribution in [0, 0.1) is 16.7 Å². The Morgan fingerprint density at radius 3 is 2.20 bits per heavy atom. The molecule has 0 radical (unpaired) electrons. The van der Waals surface area contributed by atoms with E-state index in [1.807, 2.05) is 0 Å². The number of hydrogen-bond donors (Lipinski definition) is 3. The summed E-state index contributed by atoms with van der Waals surface area (Å²) in [4.78, 5) is 0.179. The van der Waals surface area contributed by atoms with Crippen molar-refractivity contribution in [1.29, 1.82) is 0 Å². The highest BCUT2D eigenvalue weighted by atomic mass is 32.2. The minimum Gasteiger partial charge on any atom is -0.323 e. The summed E-state index contributed by atoms with van der Waals surface area (Å²) >= 11 is 0. The fraction of sp³-hybridized carbons (Fsp3) is 0.571. The lowest BCUT2D eigenvalue weighted by Gasteiger charge is -2.11. The van der Waals surface area contributed by atoms with Crippen LogP contribution >= 0.6 is 0 Å². The quantitative estimate of drug-likeness (QED) is 0.573. The number of nitrogens with one attached hydrogen (secondary N) is 2. The normalized spacial score (nSPS) is 20.6. The lowest BCUT2D eigenvalue weighted by molar-refractivity contribution is 0.457. The van der Waals surface area contributed by atoms with Gasteiger partial charge >= 0.3 is 0 Å². The molecule has 2 rings (SSSR count). The van der Waals surface area contributed by atoms with Crippen LogP contribution in [0.15, 0.2) is 29.2 Å². The molecule has 0 atom stereocenters. The second-order valence-corrected chi connectivity index (χ2v) is 8.22. The first kappa shape index (κ1) is 15.3. The number of nitrogens with two attached hydrogens (primary N) is 1. The molecule has 20 heavy (non-hydrogen) atoms. The van der Waals surface area contributed by atoms with Gasteiger partial charge < -0.3 is 5.43 Å². The zero-order chi connectivity index (χ0) is 15.2. The van der Waals surface area contributed by atoms with Crippen molar-refractivity contribution in [2.45, 2.75) is 32.6 Å². The highest BCUT2D eigenvalue weighted by Gasteiger charge is 2.64. The lowest BCUT2D eigenvalue weighted by atomic mass is 10.0. The molecule has 5 nitrogen and oxygen atoms in total. The first-order valence-electron chi connectivity index (χ1n) is 6.70. The minimum absolute atomic E-state index is 0.154. The number of hydrogen-bond acceptors (Lipinski definition) is 4. The molecule has 1 aromatic carbocycles. The number of nitrogen functional groups attached to an aromatic ring is 1. The van der Waals surface area contributed by atoms with Crippen LogP contribution in [-0.2, 0) is 10.0 Å². The molecule has 4 N–H and O–H groups in total. The lowest BCUT2D eigenvalue weighted by Crippen LogP contribution is -2.28. The van der Waals surface area contributed by atoms with Crippen molar-refractivity contribution in [2.75, 3.05) is 12.0 Å². The first-order chi connectivity index (χ1) is 9.14. The molecule has 0 aromatic heterocycles. The van der Waals surface area contributed by atoms with E-state index in [1.165, 1.54) is 0 Å². The van der Waals surface area contributed by atoms with Gasteiger partial charge in [-0.1, -0.05) is 39.8 Å². The number of para-hydroxylation sites is 1. The molecule has 1 saturated carbocycles. The molecule has 0 amide bonds. The maximum atomic E-state index is 12.4. The van der Waals surface area contributed by atoms with Gasteiger partial charge in [0.2, 0.25) is 10.0 Å². The first-order valence-corrected chi connectivity index (χ1v) is 8.18. The summed E-state index contributed by atoms with van der Waals surface area (Å²) in [7, 11) is -3.55. The molecule has 0 aliphatic heterocycles. The second-order valence-electron chi connectivity index (χ2n) is 6.49. The average molecular weight is 297 g/mol. The van der Waals surface area contributed by atoms with Crippen molar-refractivity contribution >= 4 is 15.7 Å². The molecule has 1 aromatic rings. The van der Waals surface area contributed by atoms with Crippen LogP contribution in [-0.4, -0.2) is 15.0 Å². The van der Waals surface area contributed by atoms with E-state index in [9.17, 15) is 8.42 Å². The topological polar surface area (TPSA) is 84.2 Å². The highest BCUT2D eigenvalue weighted by Crippen LogP contribution is 2.67. The minimum atomic E-state index is -3.55. The molecule has 0 bridgehead atoms. The monoisotopic (exact) mass is 297 g/mol. The Morgan fingerprint density at radius 2 is 1.70 bits per heavy atom. The van der Waals surface area contributed by atoms with Gasteiger partial charge in [0, 0.05) is 6.54 Å². The fourth-order valence-electron chi connectivity index (χ4n) is 2.93. The Labute approximate surface area is 121 Å². The van der Waals surface area contributed by atoms with Crippen LogP contribution in [0.3, 0.4) is 0 Å². The molecular formula is C14H23N3O2S. The molecule has 0 saturated heterocycles. The van der Waals surface area contributed by atoms with E-state index < -0.39 is 10.0 Å². The maximum Gasteiger partial charge on any atom is 0.242 e. The molecule has 6 heteroatoms. The van der Waals surface area contributed by atoms with E-state index in [4.69, 9.17) is 5.84 Å². The van der Waals surface area contributed by atoms with Gasteiger partial charge in [0.15, 0.2) is 0 Å². The Hall–Kier alpha value is -1.11. The average Bonchev–Trinajstić information content (AvgIpc) is 2.77. The van der Waals surface area contributed by atoms with Gasteiger partial charge in [-0.2, -0.15) is 0 Å². The van der Waals surface area contributed by atoms with E-state index in [0.29, 0.717) is 18.2 Å². The molecule has 0 spiro atoms. The van der Waals surface area contributed by atoms with Gasteiger partial charge in [-0.15, -0.1) is 0 Å².